The molecule has 0 unspecified atom stereocenters. The van der Waals surface area contributed by atoms with Crippen LogP contribution in [0.5, 0.6) is 0 Å². The van der Waals surface area contributed by atoms with E-state index in [2.05, 4.69) is 26.9 Å². The third-order valence-electron chi connectivity index (χ3n) is 8.38. The first-order chi connectivity index (χ1) is 20.6. The van der Waals surface area contributed by atoms with Crippen LogP contribution in [0.3, 0.4) is 0 Å². The van der Waals surface area contributed by atoms with Crippen LogP contribution in [-0.4, -0.2) is 90.7 Å². The lowest BCUT2D eigenvalue weighted by Gasteiger charge is -2.33. The van der Waals surface area contributed by atoms with Crippen LogP contribution < -0.4 is 15.8 Å². The number of morpholine rings is 1. The monoisotopic (exact) mass is 566 g/mol. The van der Waals surface area contributed by atoms with Crippen molar-refractivity contribution in [1.82, 2.24) is 19.2 Å². The first-order valence-electron chi connectivity index (χ1n) is 14.6. The number of furan rings is 1. The van der Waals surface area contributed by atoms with Crippen LogP contribution in [0, 0.1) is 0 Å². The van der Waals surface area contributed by atoms with Gasteiger partial charge in [-0.1, -0.05) is 25.1 Å². The van der Waals surface area contributed by atoms with E-state index < -0.39 is 0 Å². The Hall–Kier alpha value is -4.25. The predicted molar refractivity (Wildman–Crippen MR) is 164 cm³/mol. The van der Waals surface area contributed by atoms with Crippen LogP contribution >= 0.6 is 0 Å². The molecule has 3 aromatic heterocycles. The number of rotatable bonds is 6. The van der Waals surface area contributed by atoms with Crippen molar-refractivity contribution in [3.63, 3.8) is 0 Å². The number of nitrogens with zero attached hydrogens (tertiary/aromatic N) is 5. The molecule has 1 amide bonds. The van der Waals surface area contributed by atoms with E-state index in [9.17, 15) is 9.59 Å². The molecule has 0 spiro atoms. The molecule has 2 aromatic carbocycles. The average Bonchev–Trinajstić information content (AvgIpc) is 3.42. The van der Waals surface area contributed by atoms with Gasteiger partial charge in [-0.3, -0.25) is 18.9 Å². The van der Waals surface area contributed by atoms with Crippen LogP contribution in [0.15, 0.2) is 70.0 Å². The fourth-order valence-electron chi connectivity index (χ4n) is 6.08. The van der Waals surface area contributed by atoms with Crippen molar-refractivity contribution >= 4 is 45.0 Å². The fourth-order valence-corrected chi connectivity index (χ4v) is 6.08. The number of hydrogen-bond acceptors (Lipinski definition) is 8. The third-order valence-corrected chi connectivity index (χ3v) is 8.38. The molecular formula is C32H34N6O4. The van der Waals surface area contributed by atoms with E-state index in [4.69, 9.17) is 14.1 Å². The number of carbonyl (C=O) groups is 1. The molecule has 10 heteroatoms. The van der Waals surface area contributed by atoms with Crippen molar-refractivity contribution in [2.24, 2.45) is 0 Å². The SMILES string of the molecule is CCN1CCN(CC(=O)Nc2ccc(-c3cccn4c(=O)cc(N5CCOCC5)nc34)c3oc4ccccc4c23)CC1. The largest absolute Gasteiger partial charge is 0.455 e. The molecule has 2 aliphatic rings. The number of ether oxygens (including phenoxy) is 1. The topological polar surface area (TPSA) is 95.6 Å². The van der Waals surface area contributed by atoms with Crippen LogP contribution in [0.2, 0.25) is 0 Å². The van der Waals surface area contributed by atoms with Crippen LogP contribution in [0.1, 0.15) is 6.92 Å². The number of piperazine rings is 1. The van der Waals surface area contributed by atoms with Crippen LogP contribution in [0.25, 0.3) is 38.7 Å². The fraction of sp³-hybridized carbons (Fsp3) is 0.344. The Labute approximate surface area is 243 Å². The molecule has 216 valence electrons. The molecule has 0 radical (unpaired) electrons. The third kappa shape index (κ3) is 4.91. The number of aromatic nitrogens is 2. The van der Waals surface area contributed by atoms with Crippen molar-refractivity contribution in [3.8, 4) is 11.1 Å². The molecule has 5 heterocycles. The number of amides is 1. The molecule has 2 saturated heterocycles. The van der Waals surface area contributed by atoms with Crippen LogP contribution in [0.4, 0.5) is 11.5 Å². The lowest BCUT2D eigenvalue weighted by Crippen LogP contribution is -2.48. The highest BCUT2D eigenvalue weighted by Crippen LogP contribution is 2.41. The molecule has 0 saturated carbocycles. The number of likely N-dealkylation sites (N-methyl/N-ethyl adjacent to an activating group) is 1. The molecule has 0 aliphatic carbocycles. The molecule has 0 atom stereocenters. The molecule has 10 nitrogen and oxygen atoms in total. The smallest absolute Gasteiger partial charge is 0.259 e. The van der Waals surface area contributed by atoms with Crippen LogP contribution in [-0.2, 0) is 9.53 Å². The first-order valence-corrected chi connectivity index (χ1v) is 14.6. The van der Waals surface area contributed by atoms with Crippen molar-refractivity contribution < 1.29 is 13.9 Å². The standard InChI is InChI=1S/C32H34N6O4/c1-2-35-12-14-36(15-13-35)21-28(39)33-25-10-9-22(31-30(25)24-6-3-4-8-26(24)42-31)23-7-5-11-38-29(40)20-27(34-32(23)38)37-16-18-41-19-17-37/h3-11,20H,2,12-19,21H2,1H3,(H,33,39). The van der Waals surface area contributed by atoms with Gasteiger partial charge in [-0.05, 0) is 36.9 Å². The number of pyridine rings is 1. The van der Waals surface area contributed by atoms with Crippen molar-refractivity contribution in [2.75, 3.05) is 75.8 Å². The van der Waals surface area contributed by atoms with Gasteiger partial charge in [0.15, 0.2) is 0 Å². The van der Waals surface area contributed by atoms with E-state index in [0.29, 0.717) is 55.6 Å². The number of carbonyl (C=O) groups excluding carboxylic acids is 1. The average molecular weight is 567 g/mol. The minimum absolute atomic E-state index is 0.0483. The molecule has 2 aliphatic heterocycles. The van der Waals surface area contributed by atoms with E-state index >= 15 is 0 Å². The Bertz CT molecular complexity index is 1830. The Morgan fingerprint density at radius 2 is 1.71 bits per heavy atom. The van der Waals surface area contributed by atoms with Gasteiger partial charge in [0.2, 0.25) is 5.91 Å². The van der Waals surface area contributed by atoms with Crippen molar-refractivity contribution in [2.45, 2.75) is 6.92 Å². The van der Waals surface area contributed by atoms with Crippen molar-refractivity contribution in [1.29, 1.82) is 0 Å². The van der Waals surface area contributed by atoms with Gasteiger partial charge in [-0.25, -0.2) is 4.98 Å². The lowest BCUT2D eigenvalue weighted by atomic mass is 10.0. The van der Waals surface area contributed by atoms with E-state index in [0.717, 1.165) is 60.2 Å². The minimum atomic E-state index is -0.146. The summed E-state index contributed by atoms with van der Waals surface area (Å²) in [5.41, 5.74) is 4.06. The maximum atomic E-state index is 13.2. The normalized spacial score (nSPS) is 16.9. The van der Waals surface area contributed by atoms with Gasteiger partial charge in [0.25, 0.3) is 5.56 Å². The Morgan fingerprint density at radius 3 is 2.52 bits per heavy atom. The van der Waals surface area contributed by atoms with Gasteiger partial charge in [-0.2, -0.15) is 0 Å². The predicted octanol–water partition coefficient (Wildman–Crippen LogP) is 3.67. The minimum Gasteiger partial charge on any atom is -0.455 e. The molecular weight excluding hydrogens is 532 g/mol. The number of fused-ring (bicyclic) bond motifs is 4. The molecule has 42 heavy (non-hydrogen) atoms. The van der Waals surface area contributed by atoms with Gasteiger partial charge in [-0.15, -0.1) is 0 Å². The Morgan fingerprint density at radius 1 is 0.929 bits per heavy atom. The molecule has 1 N–H and O–H groups in total. The first kappa shape index (κ1) is 26.6. The van der Waals surface area contributed by atoms with Gasteiger partial charge in [0.05, 0.1) is 30.8 Å². The maximum Gasteiger partial charge on any atom is 0.259 e. The Balaban J connectivity index is 1.30. The maximum absolute atomic E-state index is 13.2. The van der Waals surface area contributed by atoms with E-state index in [1.54, 1.807) is 16.7 Å². The summed E-state index contributed by atoms with van der Waals surface area (Å²) in [6, 6.07) is 17.1. The van der Waals surface area contributed by atoms with E-state index in [-0.39, 0.29) is 11.5 Å². The summed E-state index contributed by atoms with van der Waals surface area (Å²) >= 11 is 0. The van der Waals surface area contributed by atoms with E-state index in [1.165, 1.54) is 0 Å². The molecule has 0 bridgehead atoms. The zero-order chi connectivity index (χ0) is 28.6. The number of hydrogen-bond donors (Lipinski definition) is 1. The lowest BCUT2D eigenvalue weighted by molar-refractivity contribution is -0.117. The highest BCUT2D eigenvalue weighted by molar-refractivity contribution is 6.18. The summed E-state index contributed by atoms with van der Waals surface area (Å²) in [5, 5.41) is 4.92. The molecule has 7 rings (SSSR count). The molecule has 2 fully saturated rings. The second-order valence-corrected chi connectivity index (χ2v) is 10.9. The van der Waals surface area contributed by atoms with Gasteiger partial charge < -0.3 is 24.3 Å². The number of para-hydroxylation sites is 1. The summed E-state index contributed by atoms with van der Waals surface area (Å²) in [5.74, 6) is 0.591. The zero-order valence-corrected chi connectivity index (χ0v) is 23.7. The highest BCUT2D eigenvalue weighted by atomic mass is 16.5. The summed E-state index contributed by atoms with van der Waals surface area (Å²) in [6.45, 7) is 9.83. The quantitative estimate of drug-likeness (QED) is 0.333. The number of nitrogens with one attached hydrogen (secondary N) is 1. The highest BCUT2D eigenvalue weighted by Gasteiger charge is 2.22. The molecule has 5 aromatic rings. The number of anilines is 2. The number of benzene rings is 2. The van der Waals surface area contributed by atoms with E-state index in [1.807, 2.05) is 48.5 Å². The van der Waals surface area contributed by atoms with Gasteiger partial charge in [0, 0.05) is 68.0 Å². The Kier molecular flexibility index (Phi) is 7.10. The summed E-state index contributed by atoms with van der Waals surface area (Å²) in [4.78, 5) is 38.1. The summed E-state index contributed by atoms with van der Waals surface area (Å²) < 4.78 is 13.5. The summed E-state index contributed by atoms with van der Waals surface area (Å²) in [7, 11) is 0. The second kappa shape index (κ2) is 11.2. The van der Waals surface area contributed by atoms with Crippen molar-refractivity contribution in [3.05, 3.63) is 71.1 Å². The summed E-state index contributed by atoms with van der Waals surface area (Å²) in [6.07, 6.45) is 1.74. The zero-order valence-electron chi connectivity index (χ0n) is 23.7. The van der Waals surface area contributed by atoms with Gasteiger partial charge >= 0.3 is 0 Å². The van der Waals surface area contributed by atoms with Gasteiger partial charge in [0.1, 0.15) is 22.6 Å². The second-order valence-electron chi connectivity index (χ2n) is 10.9.